The second kappa shape index (κ2) is 8.75. The van der Waals surface area contributed by atoms with E-state index in [0.29, 0.717) is 31.5 Å². The van der Waals surface area contributed by atoms with Crippen molar-refractivity contribution in [1.29, 1.82) is 0 Å². The molecule has 2 aromatic rings. The monoisotopic (exact) mass is 345 g/mol. The second-order valence-corrected chi connectivity index (χ2v) is 6.81. The molecule has 1 fully saturated rings. The van der Waals surface area contributed by atoms with Gasteiger partial charge in [-0.2, -0.15) is 0 Å². The van der Waals surface area contributed by atoms with Crippen molar-refractivity contribution < 1.29 is 4.79 Å². The van der Waals surface area contributed by atoms with Gasteiger partial charge in [-0.05, 0) is 43.4 Å². The third-order valence-corrected chi connectivity index (χ3v) is 5.12. The van der Waals surface area contributed by atoms with Crippen LogP contribution in [0.1, 0.15) is 30.2 Å². The van der Waals surface area contributed by atoms with Crippen LogP contribution >= 0.6 is 11.3 Å². The fraction of sp³-hybridized carbons (Fsp3) is 0.471. The highest BCUT2D eigenvalue weighted by Gasteiger charge is 2.24. The normalized spacial score (nSPS) is 16.0. The summed E-state index contributed by atoms with van der Waals surface area (Å²) in [4.78, 5) is 24.1. The summed E-state index contributed by atoms with van der Waals surface area (Å²) in [5.74, 6) is 0.609. The van der Waals surface area contributed by atoms with Crippen LogP contribution in [0.4, 0.5) is 5.95 Å². The highest BCUT2D eigenvalue weighted by Crippen LogP contribution is 2.27. The van der Waals surface area contributed by atoms with Gasteiger partial charge in [0, 0.05) is 36.8 Å². The molecular formula is C17H23N5OS. The summed E-state index contributed by atoms with van der Waals surface area (Å²) in [7, 11) is 0. The van der Waals surface area contributed by atoms with Gasteiger partial charge in [0.15, 0.2) is 0 Å². The van der Waals surface area contributed by atoms with Crippen LogP contribution in [0.3, 0.4) is 0 Å². The van der Waals surface area contributed by atoms with Gasteiger partial charge >= 0.3 is 0 Å². The minimum atomic E-state index is 0.0548. The molecule has 3 heterocycles. The van der Waals surface area contributed by atoms with Gasteiger partial charge in [-0.25, -0.2) is 9.97 Å². The van der Waals surface area contributed by atoms with Gasteiger partial charge in [-0.1, -0.05) is 6.07 Å². The molecule has 7 heteroatoms. The molecule has 3 rings (SSSR count). The fourth-order valence-corrected chi connectivity index (χ4v) is 3.78. The number of aromatic nitrogens is 2. The Labute approximate surface area is 146 Å². The van der Waals surface area contributed by atoms with E-state index in [0.717, 1.165) is 13.1 Å². The van der Waals surface area contributed by atoms with Crippen molar-refractivity contribution in [3.63, 3.8) is 0 Å². The number of hydrogen-bond donors (Lipinski definition) is 2. The maximum absolute atomic E-state index is 12.1. The Morgan fingerprint density at radius 1 is 1.25 bits per heavy atom. The lowest BCUT2D eigenvalue weighted by Crippen LogP contribution is -2.36. The molecule has 6 nitrogen and oxygen atoms in total. The van der Waals surface area contributed by atoms with E-state index < -0.39 is 0 Å². The van der Waals surface area contributed by atoms with E-state index >= 15 is 0 Å². The molecule has 0 radical (unpaired) electrons. The van der Waals surface area contributed by atoms with Crippen molar-refractivity contribution in [1.82, 2.24) is 20.2 Å². The van der Waals surface area contributed by atoms with Crippen LogP contribution in [0, 0.1) is 0 Å². The first kappa shape index (κ1) is 16.9. The van der Waals surface area contributed by atoms with Gasteiger partial charge in [0.2, 0.25) is 11.9 Å². The maximum atomic E-state index is 12.1. The summed E-state index contributed by atoms with van der Waals surface area (Å²) in [5.41, 5.74) is 0. The van der Waals surface area contributed by atoms with Gasteiger partial charge in [-0.3, -0.25) is 9.69 Å². The molecule has 1 aliphatic heterocycles. The molecule has 1 aliphatic rings. The first-order valence-corrected chi connectivity index (χ1v) is 9.26. The fourth-order valence-electron chi connectivity index (χ4n) is 2.92. The highest BCUT2D eigenvalue weighted by molar-refractivity contribution is 7.10. The number of anilines is 1. The number of carbonyl (C=O) groups is 1. The van der Waals surface area contributed by atoms with Crippen molar-refractivity contribution in [2.45, 2.75) is 25.3 Å². The lowest BCUT2D eigenvalue weighted by Gasteiger charge is -2.26. The van der Waals surface area contributed by atoms with Crippen LogP contribution in [-0.4, -0.2) is 47.0 Å². The molecule has 0 saturated carbocycles. The van der Waals surface area contributed by atoms with Crippen molar-refractivity contribution in [3.05, 3.63) is 40.8 Å². The lowest BCUT2D eigenvalue weighted by molar-refractivity contribution is -0.121. The molecule has 0 aliphatic carbocycles. The second-order valence-electron chi connectivity index (χ2n) is 5.83. The van der Waals surface area contributed by atoms with Gasteiger partial charge in [0.25, 0.3) is 0 Å². The van der Waals surface area contributed by atoms with Crippen LogP contribution in [-0.2, 0) is 4.79 Å². The number of nitrogens with one attached hydrogen (secondary N) is 2. The van der Waals surface area contributed by atoms with Crippen LogP contribution in [0.2, 0.25) is 0 Å². The SMILES string of the molecule is O=C(CCNc1ncccn1)NC[C@H](c1cccs1)N1CCCC1. The maximum Gasteiger partial charge on any atom is 0.222 e. The van der Waals surface area contributed by atoms with E-state index in [2.05, 4.69) is 43.0 Å². The summed E-state index contributed by atoms with van der Waals surface area (Å²) in [6.45, 7) is 3.43. The molecule has 1 saturated heterocycles. The van der Waals surface area contributed by atoms with E-state index in [1.54, 1.807) is 29.8 Å². The number of nitrogens with zero attached hydrogens (tertiary/aromatic N) is 3. The molecule has 1 amide bonds. The zero-order chi connectivity index (χ0) is 16.6. The summed E-state index contributed by atoms with van der Waals surface area (Å²) in [6.07, 6.45) is 6.26. The standard InChI is InChI=1S/C17H23N5OS/c23-16(6-9-20-17-18-7-4-8-19-17)21-13-14(15-5-3-12-24-15)22-10-1-2-11-22/h3-5,7-8,12,14H,1-2,6,9-11,13H2,(H,21,23)(H,18,19,20)/t14-/m1/s1. The molecule has 24 heavy (non-hydrogen) atoms. The number of thiophene rings is 1. The van der Waals surface area contributed by atoms with Crippen LogP contribution in [0.25, 0.3) is 0 Å². The number of hydrogen-bond acceptors (Lipinski definition) is 6. The zero-order valence-electron chi connectivity index (χ0n) is 13.6. The number of carbonyl (C=O) groups excluding carboxylic acids is 1. The minimum Gasteiger partial charge on any atom is -0.354 e. The molecule has 0 bridgehead atoms. The summed E-state index contributed by atoms with van der Waals surface area (Å²) in [5, 5.41) is 8.24. The number of amides is 1. The number of rotatable bonds is 8. The predicted molar refractivity (Wildman–Crippen MR) is 96.0 cm³/mol. The summed E-state index contributed by atoms with van der Waals surface area (Å²) in [6, 6.07) is 6.30. The van der Waals surface area contributed by atoms with Crippen molar-refractivity contribution >= 4 is 23.2 Å². The molecule has 2 aromatic heterocycles. The van der Waals surface area contributed by atoms with E-state index in [9.17, 15) is 4.79 Å². The van der Waals surface area contributed by atoms with Gasteiger partial charge < -0.3 is 10.6 Å². The topological polar surface area (TPSA) is 70.1 Å². The van der Waals surface area contributed by atoms with Crippen molar-refractivity contribution in [2.75, 3.05) is 31.5 Å². The van der Waals surface area contributed by atoms with Crippen molar-refractivity contribution in [3.8, 4) is 0 Å². The Morgan fingerprint density at radius 2 is 2.04 bits per heavy atom. The average Bonchev–Trinajstić information content (AvgIpc) is 3.30. The lowest BCUT2D eigenvalue weighted by atomic mass is 10.2. The average molecular weight is 345 g/mol. The molecule has 1 atom stereocenters. The highest BCUT2D eigenvalue weighted by atomic mass is 32.1. The summed E-state index contributed by atoms with van der Waals surface area (Å²) < 4.78 is 0. The first-order chi connectivity index (χ1) is 11.8. The van der Waals surface area contributed by atoms with E-state index in [-0.39, 0.29) is 5.91 Å². The van der Waals surface area contributed by atoms with Crippen LogP contribution < -0.4 is 10.6 Å². The Morgan fingerprint density at radius 3 is 2.75 bits per heavy atom. The molecule has 0 unspecified atom stereocenters. The van der Waals surface area contributed by atoms with Gasteiger partial charge in [0.1, 0.15) is 0 Å². The Kier molecular flexibility index (Phi) is 6.14. The first-order valence-electron chi connectivity index (χ1n) is 8.38. The predicted octanol–water partition coefficient (Wildman–Crippen LogP) is 2.29. The van der Waals surface area contributed by atoms with E-state index in [1.807, 2.05) is 0 Å². The molecule has 128 valence electrons. The molecular weight excluding hydrogens is 322 g/mol. The minimum absolute atomic E-state index is 0.0548. The Hall–Kier alpha value is -1.99. The Bertz CT molecular complexity index is 613. The number of likely N-dealkylation sites (tertiary alicyclic amines) is 1. The van der Waals surface area contributed by atoms with Crippen LogP contribution in [0.5, 0.6) is 0 Å². The zero-order valence-corrected chi connectivity index (χ0v) is 14.5. The van der Waals surface area contributed by atoms with Crippen LogP contribution in [0.15, 0.2) is 36.0 Å². The third-order valence-electron chi connectivity index (χ3n) is 4.15. The van der Waals surface area contributed by atoms with E-state index in [1.165, 1.54) is 17.7 Å². The molecule has 2 N–H and O–H groups in total. The Balaban J connectivity index is 1.44. The summed E-state index contributed by atoms with van der Waals surface area (Å²) >= 11 is 1.76. The third kappa shape index (κ3) is 4.75. The molecule has 0 aromatic carbocycles. The quantitative estimate of drug-likeness (QED) is 0.768. The smallest absolute Gasteiger partial charge is 0.222 e. The van der Waals surface area contributed by atoms with Gasteiger partial charge in [-0.15, -0.1) is 11.3 Å². The van der Waals surface area contributed by atoms with E-state index in [4.69, 9.17) is 0 Å². The van der Waals surface area contributed by atoms with Gasteiger partial charge in [0.05, 0.1) is 6.04 Å². The largest absolute Gasteiger partial charge is 0.354 e. The van der Waals surface area contributed by atoms with Crippen molar-refractivity contribution in [2.24, 2.45) is 0 Å². The molecule has 0 spiro atoms.